The van der Waals surface area contributed by atoms with Crippen LogP contribution >= 0.6 is 0 Å². The van der Waals surface area contributed by atoms with Crippen LogP contribution in [0.5, 0.6) is 0 Å². The molecule has 0 unspecified atom stereocenters. The third-order valence-electron chi connectivity index (χ3n) is 4.22. The fraction of sp³-hybridized carbons (Fsp3) is 0.533. The maximum Gasteiger partial charge on any atom is 0.397 e. The van der Waals surface area contributed by atoms with Gasteiger partial charge in [-0.15, -0.1) is 0 Å². The standard InChI is InChI=1S/C15H18N2O4/c1-2-21-15(20)14(19)16-7-10-6-11(9-16)12-4-3-5-13(18)17(12)8-10/h3-5,10-11H,2,6-9H2,1H3/t10-,11-/m1/s1. The first kappa shape index (κ1) is 13.9. The molecule has 21 heavy (non-hydrogen) atoms. The summed E-state index contributed by atoms with van der Waals surface area (Å²) < 4.78 is 6.58. The van der Waals surface area contributed by atoms with Crippen molar-refractivity contribution in [2.24, 2.45) is 5.92 Å². The first-order valence-corrected chi connectivity index (χ1v) is 7.26. The number of likely N-dealkylation sites (tertiary alicyclic amines) is 1. The van der Waals surface area contributed by atoms with E-state index in [1.54, 1.807) is 28.5 Å². The van der Waals surface area contributed by atoms with Crippen LogP contribution in [0, 0.1) is 5.92 Å². The minimum Gasteiger partial charge on any atom is -0.459 e. The lowest BCUT2D eigenvalue weighted by atomic mass is 9.83. The van der Waals surface area contributed by atoms with Gasteiger partial charge in [-0.2, -0.15) is 0 Å². The molecule has 1 saturated heterocycles. The smallest absolute Gasteiger partial charge is 0.397 e. The summed E-state index contributed by atoms with van der Waals surface area (Å²) in [5, 5.41) is 0. The van der Waals surface area contributed by atoms with Gasteiger partial charge in [0.05, 0.1) is 6.61 Å². The number of aromatic nitrogens is 1. The molecule has 0 aliphatic carbocycles. The van der Waals surface area contributed by atoms with Gasteiger partial charge in [-0.05, 0) is 25.3 Å². The van der Waals surface area contributed by atoms with Gasteiger partial charge in [0.25, 0.3) is 5.56 Å². The maximum absolute atomic E-state index is 12.1. The molecule has 6 nitrogen and oxygen atoms in total. The lowest BCUT2D eigenvalue weighted by Gasteiger charge is -2.42. The van der Waals surface area contributed by atoms with Crippen molar-refractivity contribution in [2.45, 2.75) is 25.8 Å². The van der Waals surface area contributed by atoms with Crippen LogP contribution in [0.1, 0.15) is 25.0 Å². The summed E-state index contributed by atoms with van der Waals surface area (Å²) in [6.45, 7) is 3.47. The topological polar surface area (TPSA) is 68.6 Å². The Morgan fingerprint density at radius 3 is 2.86 bits per heavy atom. The number of ether oxygens (including phenoxy) is 1. The zero-order valence-electron chi connectivity index (χ0n) is 11.9. The van der Waals surface area contributed by atoms with Crippen molar-refractivity contribution < 1.29 is 14.3 Å². The summed E-state index contributed by atoms with van der Waals surface area (Å²) in [7, 11) is 0. The molecule has 0 radical (unpaired) electrons. The summed E-state index contributed by atoms with van der Waals surface area (Å²) in [6.07, 6.45) is 0.954. The summed E-state index contributed by atoms with van der Waals surface area (Å²) in [6, 6.07) is 5.24. The molecule has 1 aromatic rings. The van der Waals surface area contributed by atoms with Crippen LogP contribution in [-0.2, 0) is 20.9 Å². The van der Waals surface area contributed by atoms with E-state index in [0.717, 1.165) is 12.1 Å². The number of piperidine rings is 1. The molecule has 6 heteroatoms. The lowest BCUT2D eigenvalue weighted by molar-refractivity contribution is -0.161. The van der Waals surface area contributed by atoms with Crippen LogP contribution in [0.4, 0.5) is 0 Å². The Bertz CT molecular complexity index is 637. The lowest BCUT2D eigenvalue weighted by Crippen LogP contribution is -2.51. The van der Waals surface area contributed by atoms with Crippen molar-refractivity contribution >= 4 is 11.9 Å². The van der Waals surface area contributed by atoms with Crippen LogP contribution in [-0.4, -0.2) is 41.0 Å². The summed E-state index contributed by atoms with van der Waals surface area (Å²) >= 11 is 0. The first-order valence-electron chi connectivity index (χ1n) is 7.26. The number of pyridine rings is 1. The van der Waals surface area contributed by atoms with Crippen LogP contribution in [0.25, 0.3) is 0 Å². The van der Waals surface area contributed by atoms with Crippen LogP contribution in [0.3, 0.4) is 0 Å². The monoisotopic (exact) mass is 290 g/mol. The molecule has 1 fully saturated rings. The Labute approximate surface area is 122 Å². The van der Waals surface area contributed by atoms with E-state index in [0.29, 0.717) is 19.6 Å². The molecule has 1 aromatic heterocycles. The third-order valence-corrected chi connectivity index (χ3v) is 4.22. The van der Waals surface area contributed by atoms with Gasteiger partial charge in [0.1, 0.15) is 0 Å². The van der Waals surface area contributed by atoms with E-state index < -0.39 is 11.9 Å². The van der Waals surface area contributed by atoms with Gasteiger partial charge in [0.15, 0.2) is 0 Å². The second-order valence-corrected chi connectivity index (χ2v) is 5.63. The molecule has 2 aliphatic rings. The highest BCUT2D eigenvalue weighted by Gasteiger charge is 2.38. The number of hydrogen-bond donors (Lipinski definition) is 0. The molecular formula is C15H18N2O4. The Balaban J connectivity index is 1.83. The fourth-order valence-electron chi connectivity index (χ4n) is 3.38. The number of carbonyl (C=O) groups excluding carboxylic acids is 2. The molecule has 2 bridgehead atoms. The minimum atomic E-state index is -0.789. The molecule has 3 heterocycles. The van der Waals surface area contributed by atoms with Gasteiger partial charge >= 0.3 is 11.9 Å². The quantitative estimate of drug-likeness (QED) is 0.553. The molecule has 0 N–H and O–H groups in total. The number of nitrogens with zero attached hydrogens (tertiary/aromatic N) is 2. The normalized spacial score (nSPS) is 23.4. The molecular weight excluding hydrogens is 272 g/mol. The average molecular weight is 290 g/mol. The minimum absolute atomic E-state index is 0.00682. The van der Waals surface area contributed by atoms with Crippen molar-refractivity contribution in [3.63, 3.8) is 0 Å². The molecule has 2 atom stereocenters. The molecule has 2 aliphatic heterocycles. The Morgan fingerprint density at radius 2 is 2.10 bits per heavy atom. The average Bonchev–Trinajstić information content (AvgIpc) is 2.48. The van der Waals surface area contributed by atoms with Crippen molar-refractivity contribution in [1.82, 2.24) is 9.47 Å². The number of amides is 1. The SMILES string of the molecule is CCOC(=O)C(=O)N1C[C@H]2C[C@H](C1)c1cccc(=O)n1C2. The Hall–Kier alpha value is -2.11. The van der Waals surface area contributed by atoms with Crippen LogP contribution in [0.2, 0.25) is 0 Å². The van der Waals surface area contributed by atoms with E-state index in [1.807, 2.05) is 6.07 Å². The van der Waals surface area contributed by atoms with Crippen molar-refractivity contribution in [1.29, 1.82) is 0 Å². The van der Waals surface area contributed by atoms with E-state index >= 15 is 0 Å². The van der Waals surface area contributed by atoms with E-state index in [-0.39, 0.29) is 24.0 Å². The number of rotatable bonds is 1. The number of hydrogen-bond acceptors (Lipinski definition) is 4. The van der Waals surface area contributed by atoms with E-state index in [9.17, 15) is 14.4 Å². The number of fused-ring (bicyclic) bond motifs is 4. The first-order chi connectivity index (χ1) is 10.1. The highest BCUT2D eigenvalue weighted by molar-refractivity contribution is 6.32. The highest BCUT2D eigenvalue weighted by Crippen LogP contribution is 2.34. The molecule has 0 saturated carbocycles. The molecule has 112 valence electrons. The molecule has 3 rings (SSSR count). The number of esters is 1. The van der Waals surface area contributed by atoms with E-state index in [1.165, 1.54) is 0 Å². The van der Waals surface area contributed by atoms with Crippen molar-refractivity contribution in [3.8, 4) is 0 Å². The zero-order valence-corrected chi connectivity index (χ0v) is 11.9. The fourth-order valence-corrected chi connectivity index (χ4v) is 3.38. The molecule has 0 spiro atoms. The summed E-state index contributed by atoms with van der Waals surface area (Å²) in [5.74, 6) is -1.03. The Kier molecular flexibility index (Phi) is 3.53. The van der Waals surface area contributed by atoms with Crippen LogP contribution < -0.4 is 5.56 Å². The van der Waals surface area contributed by atoms with Gasteiger partial charge in [-0.3, -0.25) is 9.59 Å². The molecule has 1 amide bonds. The second kappa shape index (κ2) is 5.35. The van der Waals surface area contributed by atoms with Crippen LogP contribution in [0.15, 0.2) is 23.0 Å². The largest absolute Gasteiger partial charge is 0.459 e. The predicted octanol–water partition coefficient (Wildman–Crippen LogP) is 0.357. The van der Waals surface area contributed by atoms with Gasteiger partial charge in [-0.25, -0.2) is 4.79 Å². The zero-order chi connectivity index (χ0) is 15.0. The van der Waals surface area contributed by atoms with Gasteiger partial charge < -0.3 is 14.2 Å². The maximum atomic E-state index is 12.1. The Morgan fingerprint density at radius 1 is 1.29 bits per heavy atom. The highest BCUT2D eigenvalue weighted by atomic mass is 16.5. The van der Waals surface area contributed by atoms with Crippen molar-refractivity contribution in [2.75, 3.05) is 19.7 Å². The third kappa shape index (κ3) is 2.46. The van der Waals surface area contributed by atoms with Gasteiger partial charge in [0.2, 0.25) is 0 Å². The molecule has 0 aromatic carbocycles. The van der Waals surface area contributed by atoms with E-state index in [2.05, 4.69) is 0 Å². The van der Waals surface area contributed by atoms with E-state index in [4.69, 9.17) is 4.74 Å². The summed E-state index contributed by atoms with van der Waals surface area (Å²) in [5.41, 5.74) is 0.965. The van der Waals surface area contributed by atoms with Gasteiger partial charge in [-0.1, -0.05) is 6.07 Å². The van der Waals surface area contributed by atoms with Gasteiger partial charge in [0, 0.05) is 37.3 Å². The predicted molar refractivity (Wildman–Crippen MR) is 74.8 cm³/mol. The van der Waals surface area contributed by atoms with Crippen molar-refractivity contribution in [3.05, 3.63) is 34.2 Å². The summed E-state index contributed by atoms with van der Waals surface area (Å²) in [4.78, 5) is 37.2. The second-order valence-electron chi connectivity index (χ2n) is 5.63. The number of carbonyl (C=O) groups is 2.